The number of nitrogens with zero attached hydrogens (tertiary/aromatic N) is 2. The van der Waals surface area contributed by atoms with Gasteiger partial charge >= 0.3 is 6.18 Å². The average molecular weight is 414 g/mol. The van der Waals surface area contributed by atoms with E-state index >= 15 is 0 Å². The molecule has 0 aromatic carbocycles. The minimum Gasteiger partial charge on any atom is -0.460 e. The van der Waals surface area contributed by atoms with E-state index in [1.54, 1.807) is 30.5 Å². The summed E-state index contributed by atoms with van der Waals surface area (Å²) >= 11 is 0. The summed E-state index contributed by atoms with van der Waals surface area (Å²) in [6, 6.07) is 1.09. The molecule has 0 saturated carbocycles. The fourth-order valence-electron chi connectivity index (χ4n) is 2.41. The minimum absolute atomic E-state index is 0.336. The summed E-state index contributed by atoms with van der Waals surface area (Å²) in [5.41, 5.74) is 5.88. The second-order valence-corrected chi connectivity index (χ2v) is 6.44. The number of hydrogen-bond acceptors (Lipinski definition) is 6. The molecule has 29 heavy (non-hydrogen) atoms. The molecular weight excluding hydrogens is 392 g/mol. The number of pyridine rings is 1. The summed E-state index contributed by atoms with van der Waals surface area (Å²) in [6.07, 6.45) is 1.81. The van der Waals surface area contributed by atoms with Crippen LogP contribution in [-0.2, 0) is 4.74 Å². The van der Waals surface area contributed by atoms with Gasteiger partial charge in [0.25, 0.3) is 5.88 Å². The maximum Gasteiger partial charge on any atom is 0.427 e. The predicted octanol–water partition coefficient (Wildman–Crippen LogP) is 3.84. The predicted molar refractivity (Wildman–Crippen MR) is 100 cm³/mol. The molecule has 6 nitrogen and oxygen atoms in total. The van der Waals surface area contributed by atoms with Crippen molar-refractivity contribution in [3.8, 4) is 5.88 Å². The summed E-state index contributed by atoms with van der Waals surface area (Å²) in [5.74, 6) is -1.68. The molecule has 0 atom stereocenters. The van der Waals surface area contributed by atoms with E-state index in [2.05, 4.69) is 29.1 Å². The Hall–Kier alpha value is -2.85. The second-order valence-electron chi connectivity index (χ2n) is 6.44. The summed E-state index contributed by atoms with van der Waals surface area (Å²) < 4.78 is 62.9. The molecule has 0 saturated heterocycles. The molecule has 0 aliphatic carbocycles. The SMILES string of the molecule is C=C.COCC1=C2C=C(c3cnc(OC(C)(C)C(F)(F)F)c(F)c3)C=CN2NN1. The van der Waals surface area contributed by atoms with E-state index < -0.39 is 23.5 Å². The summed E-state index contributed by atoms with van der Waals surface area (Å²) in [4.78, 5) is 3.74. The smallest absolute Gasteiger partial charge is 0.427 e. The van der Waals surface area contributed by atoms with Gasteiger partial charge in [0.05, 0.1) is 18.0 Å². The monoisotopic (exact) mass is 414 g/mol. The molecule has 0 bridgehead atoms. The molecule has 3 heterocycles. The van der Waals surface area contributed by atoms with E-state index in [1.165, 1.54) is 6.20 Å². The quantitative estimate of drug-likeness (QED) is 0.564. The van der Waals surface area contributed by atoms with Gasteiger partial charge in [0.2, 0.25) is 0 Å². The van der Waals surface area contributed by atoms with Crippen molar-refractivity contribution in [1.82, 2.24) is 21.0 Å². The third-order valence-electron chi connectivity index (χ3n) is 4.06. The molecule has 2 aliphatic rings. The molecule has 3 rings (SSSR count). The zero-order valence-corrected chi connectivity index (χ0v) is 16.2. The van der Waals surface area contributed by atoms with Gasteiger partial charge in [-0.2, -0.15) is 13.2 Å². The van der Waals surface area contributed by atoms with Crippen molar-refractivity contribution < 1.29 is 27.0 Å². The first kappa shape index (κ1) is 22.4. The van der Waals surface area contributed by atoms with E-state index in [1.807, 2.05) is 0 Å². The number of allylic oxidation sites excluding steroid dienone is 3. The van der Waals surface area contributed by atoms with Crippen molar-refractivity contribution in [3.05, 3.63) is 66.5 Å². The van der Waals surface area contributed by atoms with Crippen LogP contribution < -0.4 is 15.7 Å². The van der Waals surface area contributed by atoms with Crippen molar-refractivity contribution in [2.24, 2.45) is 0 Å². The Balaban J connectivity index is 0.00000145. The number of aromatic nitrogens is 1. The molecule has 158 valence electrons. The molecule has 0 unspecified atom stereocenters. The lowest BCUT2D eigenvalue weighted by Crippen LogP contribution is -2.45. The average Bonchev–Trinajstić information content (AvgIpc) is 3.06. The summed E-state index contributed by atoms with van der Waals surface area (Å²) in [5, 5.41) is 1.71. The first-order valence-corrected chi connectivity index (χ1v) is 8.47. The van der Waals surface area contributed by atoms with Crippen LogP contribution in [-0.4, -0.2) is 35.5 Å². The van der Waals surface area contributed by atoms with Gasteiger partial charge in [0.15, 0.2) is 11.4 Å². The minimum atomic E-state index is -4.66. The Morgan fingerprint density at radius 2 is 1.93 bits per heavy atom. The van der Waals surface area contributed by atoms with Crippen molar-refractivity contribution in [2.75, 3.05) is 13.7 Å². The maximum atomic E-state index is 14.3. The topological polar surface area (TPSA) is 58.7 Å². The summed E-state index contributed by atoms with van der Waals surface area (Å²) in [7, 11) is 1.56. The molecule has 0 radical (unpaired) electrons. The maximum absolute atomic E-state index is 14.3. The lowest BCUT2D eigenvalue weighted by Gasteiger charge is -2.28. The molecular formula is C19H22F4N4O2. The fraction of sp³-hybridized carbons (Fsp3) is 0.316. The van der Waals surface area contributed by atoms with E-state index in [0.29, 0.717) is 17.7 Å². The molecule has 0 amide bonds. The molecule has 0 fully saturated rings. The van der Waals surface area contributed by atoms with Gasteiger partial charge in [-0.1, -0.05) is 0 Å². The number of rotatable bonds is 5. The lowest BCUT2D eigenvalue weighted by molar-refractivity contribution is -0.235. The van der Waals surface area contributed by atoms with Crippen molar-refractivity contribution in [2.45, 2.75) is 25.6 Å². The normalized spacial score (nSPS) is 16.0. The molecule has 1 aromatic heterocycles. The standard InChI is InChI=1S/C17H18F4N4O2.C2H4/c1-16(2,17(19,20)21)27-15-12(18)6-11(8-22-15)10-4-5-25-14(7-10)13(9-26-3)23-24-25;1-2/h4-8,23-24H,9H2,1-3H3;1-2H2. The van der Waals surface area contributed by atoms with Crippen LogP contribution >= 0.6 is 0 Å². The van der Waals surface area contributed by atoms with Crippen LogP contribution in [0.1, 0.15) is 19.4 Å². The van der Waals surface area contributed by atoms with Gasteiger partial charge in [-0.3, -0.25) is 5.01 Å². The van der Waals surface area contributed by atoms with Crippen LogP contribution in [0.15, 0.2) is 55.2 Å². The first-order chi connectivity index (χ1) is 13.6. The highest BCUT2D eigenvalue weighted by atomic mass is 19.4. The molecule has 10 heteroatoms. The van der Waals surface area contributed by atoms with Crippen LogP contribution in [0.3, 0.4) is 0 Å². The van der Waals surface area contributed by atoms with E-state index in [0.717, 1.165) is 31.3 Å². The van der Waals surface area contributed by atoms with Crippen LogP contribution in [0.5, 0.6) is 5.88 Å². The number of hydrogen-bond donors (Lipinski definition) is 2. The van der Waals surface area contributed by atoms with Crippen LogP contribution in [0, 0.1) is 5.82 Å². The van der Waals surface area contributed by atoms with Crippen LogP contribution in [0.25, 0.3) is 5.57 Å². The number of fused-ring (bicyclic) bond motifs is 1. The van der Waals surface area contributed by atoms with Gasteiger partial charge in [0.1, 0.15) is 0 Å². The van der Waals surface area contributed by atoms with Crippen LogP contribution in [0.2, 0.25) is 0 Å². The van der Waals surface area contributed by atoms with Crippen molar-refractivity contribution >= 4 is 5.57 Å². The first-order valence-electron chi connectivity index (χ1n) is 8.47. The lowest BCUT2D eigenvalue weighted by atomic mass is 10.0. The Labute approximate surface area is 166 Å². The molecule has 2 aliphatic heterocycles. The third-order valence-corrected chi connectivity index (χ3v) is 4.06. The molecule has 0 spiro atoms. The highest BCUT2D eigenvalue weighted by Crippen LogP contribution is 2.35. The highest BCUT2D eigenvalue weighted by Gasteiger charge is 2.50. The second kappa shape index (κ2) is 8.66. The zero-order valence-electron chi connectivity index (χ0n) is 16.2. The Morgan fingerprint density at radius 3 is 2.52 bits per heavy atom. The van der Waals surface area contributed by atoms with Crippen molar-refractivity contribution in [3.63, 3.8) is 0 Å². The van der Waals surface area contributed by atoms with Gasteiger partial charge in [-0.05, 0) is 37.6 Å². The van der Waals surface area contributed by atoms with Gasteiger partial charge in [-0.15, -0.1) is 18.7 Å². The number of hydrazine groups is 2. The Kier molecular flexibility index (Phi) is 6.70. The fourth-order valence-corrected chi connectivity index (χ4v) is 2.41. The van der Waals surface area contributed by atoms with Gasteiger partial charge in [-0.25, -0.2) is 9.37 Å². The summed E-state index contributed by atoms with van der Waals surface area (Å²) in [6.45, 7) is 7.96. The molecule has 2 N–H and O–H groups in total. The number of alkyl halides is 3. The Bertz CT molecular complexity index is 847. The number of methoxy groups -OCH3 is 1. The van der Waals surface area contributed by atoms with E-state index in [4.69, 9.17) is 9.47 Å². The van der Waals surface area contributed by atoms with Crippen molar-refractivity contribution in [1.29, 1.82) is 0 Å². The van der Waals surface area contributed by atoms with E-state index in [9.17, 15) is 17.6 Å². The van der Waals surface area contributed by atoms with E-state index in [-0.39, 0.29) is 0 Å². The number of halogens is 4. The zero-order chi connectivity index (χ0) is 21.8. The molecule has 1 aromatic rings. The van der Waals surface area contributed by atoms with Gasteiger partial charge in [0, 0.05) is 25.1 Å². The third kappa shape index (κ3) is 4.77. The highest BCUT2D eigenvalue weighted by molar-refractivity contribution is 5.77. The number of nitrogens with one attached hydrogen (secondary N) is 2. The van der Waals surface area contributed by atoms with Crippen LogP contribution in [0.4, 0.5) is 17.6 Å². The van der Waals surface area contributed by atoms with Gasteiger partial charge < -0.3 is 14.9 Å². The largest absolute Gasteiger partial charge is 0.460 e. The number of ether oxygens (including phenoxy) is 2. The Morgan fingerprint density at radius 1 is 1.24 bits per heavy atom.